The van der Waals surface area contributed by atoms with Gasteiger partial charge < -0.3 is 5.32 Å². The third-order valence-electron chi connectivity index (χ3n) is 2.99. The van der Waals surface area contributed by atoms with Gasteiger partial charge in [0.1, 0.15) is 0 Å². The van der Waals surface area contributed by atoms with E-state index < -0.39 is 0 Å². The molecule has 0 spiro atoms. The van der Waals surface area contributed by atoms with E-state index in [1.165, 1.54) is 16.3 Å². The van der Waals surface area contributed by atoms with Crippen molar-refractivity contribution in [2.75, 3.05) is 6.54 Å². The van der Waals surface area contributed by atoms with Gasteiger partial charge in [-0.25, -0.2) is 4.98 Å². The van der Waals surface area contributed by atoms with E-state index in [2.05, 4.69) is 54.9 Å². The molecule has 0 radical (unpaired) electrons. The molecule has 96 valence electrons. The van der Waals surface area contributed by atoms with E-state index in [1.54, 1.807) is 11.3 Å². The maximum Gasteiger partial charge on any atom is 0.0932 e. The number of hydrogen-bond acceptors (Lipinski definition) is 3. The van der Waals surface area contributed by atoms with Gasteiger partial charge in [-0.05, 0) is 25.5 Å². The third-order valence-corrected chi connectivity index (χ3v) is 3.92. The van der Waals surface area contributed by atoms with Crippen LogP contribution < -0.4 is 5.32 Å². The maximum atomic E-state index is 4.70. The largest absolute Gasteiger partial charge is 0.309 e. The van der Waals surface area contributed by atoms with Crippen molar-refractivity contribution >= 4 is 11.3 Å². The Morgan fingerprint density at radius 3 is 2.72 bits per heavy atom. The zero-order valence-electron chi connectivity index (χ0n) is 11.0. The lowest BCUT2D eigenvalue weighted by Gasteiger charge is -2.08. The molecule has 18 heavy (non-hydrogen) atoms. The second-order valence-corrected chi connectivity index (χ2v) is 5.37. The highest BCUT2D eigenvalue weighted by atomic mass is 32.1. The van der Waals surface area contributed by atoms with E-state index in [4.69, 9.17) is 4.98 Å². The van der Waals surface area contributed by atoms with Crippen LogP contribution in [0.15, 0.2) is 35.7 Å². The van der Waals surface area contributed by atoms with Crippen LogP contribution in [0.5, 0.6) is 0 Å². The molecule has 0 aliphatic heterocycles. The molecule has 0 saturated carbocycles. The summed E-state index contributed by atoms with van der Waals surface area (Å²) in [5, 5.41) is 6.80. The Morgan fingerprint density at radius 2 is 2.00 bits per heavy atom. The molecule has 2 aromatic rings. The number of benzene rings is 1. The highest BCUT2D eigenvalue weighted by molar-refractivity contribution is 7.09. The topological polar surface area (TPSA) is 24.9 Å². The lowest BCUT2D eigenvalue weighted by Crippen LogP contribution is -2.17. The van der Waals surface area contributed by atoms with Crippen molar-refractivity contribution in [2.24, 2.45) is 0 Å². The summed E-state index contributed by atoms with van der Waals surface area (Å²) in [7, 11) is 0. The molecule has 0 bridgehead atoms. The number of aromatic nitrogens is 1. The average Bonchev–Trinajstić information content (AvgIpc) is 2.87. The summed E-state index contributed by atoms with van der Waals surface area (Å²) in [5.41, 5.74) is 2.55. The molecule has 2 rings (SSSR count). The molecule has 0 saturated heterocycles. The van der Waals surface area contributed by atoms with Gasteiger partial charge in [-0.2, -0.15) is 0 Å². The van der Waals surface area contributed by atoms with Crippen LogP contribution in [0.2, 0.25) is 0 Å². The first-order valence-corrected chi connectivity index (χ1v) is 7.39. The summed E-state index contributed by atoms with van der Waals surface area (Å²) in [4.78, 5) is 4.70. The van der Waals surface area contributed by atoms with Gasteiger partial charge in [0, 0.05) is 17.8 Å². The zero-order valence-corrected chi connectivity index (χ0v) is 11.8. The van der Waals surface area contributed by atoms with Crippen molar-refractivity contribution < 1.29 is 0 Å². The van der Waals surface area contributed by atoms with Crippen LogP contribution in [0.3, 0.4) is 0 Å². The molecule has 1 atom stereocenters. The van der Waals surface area contributed by atoms with Gasteiger partial charge in [0.25, 0.3) is 0 Å². The van der Waals surface area contributed by atoms with E-state index in [0.29, 0.717) is 6.04 Å². The first kappa shape index (κ1) is 13.2. The smallest absolute Gasteiger partial charge is 0.0932 e. The predicted molar refractivity (Wildman–Crippen MR) is 78.1 cm³/mol. The molecule has 0 aliphatic carbocycles. The van der Waals surface area contributed by atoms with E-state index in [1.807, 2.05) is 0 Å². The summed E-state index contributed by atoms with van der Waals surface area (Å²) in [6.07, 6.45) is 2.11. The summed E-state index contributed by atoms with van der Waals surface area (Å²) in [6, 6.07) is 11.0. The Balaban J connectivity index is 1.91. The van der Waals surface area contributed by atoms with Crippen molar-refractivity contribution in [2.45, 2.75) is 32.7 Å². The Hall–Kier alpha value is -1.19. The van der Waals surface area contributed by atoms with Crippen molar-refractivity contribution in [1.29, 1.82) is 0 Å². The second-order valence-electron chi connectivity index (χ2n) is 4.43. The van der Waals surface area contributed by atoms with Crippen LogP contribution in [0.25, 0.3) is 0 Å². The predicted octanol–water partition coefficient (Wildman–Crippen LogP) is 3.60. The van der Waals surface area contributed by atoms with Crippen LogP contribution in [-0.2, 0) is 12.8 Å². The molecule has 0 amide bonds. The van der Waals surface area contributed by atoms with Gasteiger partial charge >= 0.3 is 0 Å². The minimum absolute atomic E-state index is 0.358. The molecular weight excluding hydrogens is 240 g/mol. The maximum absolute atomic E-state index is 4.70. The van der Waals surface area contributed by atoms with Gasteiger partial charge in [-0.1, -0.05) is 37.3 Å². The highest BCUT2D eigenvalue weighted by Crippen LogP contribution is 2.18. The quantitative estimate of drug-likeness (QED) is 0.858. The lowest BCUT2D eigenvalue weighted by atomic mass is 10.1. The molecule has 1 aromatic heterocycles. The average molecular weight is 260 g/mol. The van der Waals surface area contributed by atoms with E-state index in [0.717, 1.165) is 19.4 Å². The molecule has 1 aromatic carbocycles. The molecular formula is C15H20N2S. The van der Waals surface area contributed by atoms with E-state index in [-0.39, 0.29) is 0 Å². The van der Waals surface area contributed by atoms with Gasteiger partial charge in [0.15, 0.2) is 0 Å². The fraction of sp³-hybridized carbons (Fsp3) is 0.400. The van der Waals surface area contributed by atoms with Crippen LogP contribution in [0, 0.1) is 0 Å². The third kappa shape index (κ3) is 3.65. The molecule has 1 heterocycles. The van der Waals surface area contributed by atoms with Crippen molar-refractivity contribution in [3.05, 3.63) is 52.0 Å². The number of nitrogens with zero attached hydrogens (tertiary/aromatic N) is 1. The highest BCUT2D eigenvalue weighted by Gasteiger charge is 2.08. The Morgan fingerprint density at radius 1 is 1.22 bits per heavy atom. The Bertz CT molecular complexity index is 464. The summed E-state index contributed by atoms with van der Waals surface area (Å²) < 4.78 is 0. The second kappa shape index (κ2) is 6.66. The number of nitrogens with one attached hydrogen (secondary N) is 1. The van der Waals surface area contributed by atoms with E-state index in [9.17, 15) is 0 Å². The van der Waals surface area contributed by atoms with Crippen LogP contribution >= 0.6 is 11.3 Å². The van der Waals surface area contributed by atoms with Crippen molar-refractivity contribution in [3.63, 3.8) is 0 Å². The molecule has 3 heteroatoms. The normalized spacial score (nSPS) is 12.6. The number of hydrogen-bond donors (Lipinski definition) is 1. The minimum Gasteiger partial charge on any atom is -0.309 e. The van der Waals surface area contributed by atoms with Gasteiger partial charge in [-0.15, -0.1) is 11.3 Å². The number of thiazole rings is 1. The number of aryl methyl sites for hydroxylation is 2. The first-order chi connectivity index (χ1) is 8.79. The van der Waals surface area contributed by atoms with Crippen molar-refractivity contribution in [1.82, 2.24) is 10.3 Å². The minimum atomic E-state index is 0.358. The number of rotatable bonds is 6. The molecule has 1 unspecified atom stereocenters. The molecule has 2 nitrogen and oxygen atoms in total. The SMILES string of the molecule is CCNC(C)c1csc(CCc2ccccc2)n1. The van der Waals surface area contributed by atoms with Gasteiger partial charge in [-0.3, -0.25) is 0 Å². The monoisotopic (exact) mass is 260 g/mol. The molecule has 1 N–H and O–H groups in total. The van der Waals surface area contributed by atoms with Crippen LogP contribution in [0.1, 0.15) is 36.2 Å². The fourth-order valence-electron chi connectivity index (χ4n) is 1.95. The lowest BCUT2D eigenvalue weighted by molar-refractivity contribution is 0.584. The fourth-order valence-corrected chi connectivity index (χ4v) is 2.84. The Labute approximate surface area is 113 Å². The van der Waals surface area contributed by atoms with Crippen LogP contribution in [-0.4, -0.2) is 11.5 Å². The van der Waals surface area contributed by atoms with E-state index >= 15 is 0 Å². The summed E-state index contributed by atoms with van der Waals surface area (Å²) in [6.45, 7) is 5.27. The van der Waals surface area contributed by atoms with Gasteiger partial charge in [0.05, 0.1) is 10.7 Å². The zero-order chi connectivity index (χ0) is 12.8. The van der Waals surface area contributed by atoms with Crippen LogP contribution in [0.4, 0.5) is 0 Å². The first-order valence-electron chi connectivity index (χ1n) is 6.51. The summed E-state index contributed by atoms with van der Waals surface area (Å²) in [5.74, 6) is 0. The van der Waals surface area contributed by atoms with Crippen molar-refractivity contribution in [3.8, 4) is 0 Å². The Kier molecular flexibility index (Phi) is 4.90. The summed E-state index contributed by atoms with van der Waals surface area (Å²) >= 11 is 1.77. The van der Waals surface area contributed by atoms with Gasteiger partial charge in [0.2, 0.25) is 0 Å². The molecule has 0 fully saturated rings. The molecule has 0 aliphatic rings. The standard InChI is InChI=1S/C15H20N2S/c1-3-16-12(2)14-11-18-15(17-14)10-9-13-7-5-4-6-8-13/h4-8,11-12,16H,3,9-10H2,1-2H3.